The smallest absolute Gasteiger partial charge is 0.251 e. The Morgan fingerprint density at radius 1 is 1.39 bits per heavy atom. The summed E-state index contributed by atoms with van der Waals surface area (Å²) >= 11 is 1.46. The Morgan fingerprint density at radius 3 is 2.94 bits per heavy atom. The first-order valence-corrected chi connectivity index (χ1v) is 5.88. The highest BCUT2D eigenvalue weighted by Gasteiger charge is 2.12. The monoisotopic (exact) mass is 260 g/mol. The number of amides is 1. The van der Waals surface area contributed by atoms with Crippen LogP contribution in [0.3, 0.4) is 0 Å². The fraction of sp³-hybridized carbons (Fsp3) is 0. The molecular formula is C10H8N6OS. The standard InChI is InChI=1S/C10H8N6OS/c11-7(17)5-3-13-16(4-5)8-6-1-2-18-9(6)15-10(12)14-8/h1-4H,(H2,11,17)(H2,12,14,15). The Hall–Kier alpha value is -2.48. The molecule has 0 aliphatic heterocycles. The van der Waals surface area contributed by atoms with E-state index in [4.69, 9.17) is 11.5 Å². The molecule has 18 heavy (non-hydrogen) atoms. The maximum absolute atomic E-state index is 11.0. The normalized spacial score (nSPS) is 10.9. The van der Waals surface area contributed by atoms with E-state index in [9.17, 15) is 4.79 Å². The lowest BCUT2D eigenvalue weighted by molar-refractivity contribution is 0.100. The largest absolute Gasteiger partial charge is 0.368 e. The zero-order valence-electron chi connectivity index (χ0n) is 9.07. The Labute approximate surface area is 105 Å². The van der Waals surface area contributed by atoms with E-state index in [1.54, 1.807) is 0 Å². The van der Waals surface area contributed by atoms with Crippen LogP contribution in [-0.2, 0) is 0 Å². The van der Waals surface area contributed by atoms with Crippen LogP contribution in [0, 0.1) is 0 Å². The van der Waals surface area contributed by atoms with Gasteiger partial charge in [0, 0.05) is 6.20 Å². The Bertz CT molecular complexity index is 746. The number of thiophene rings is 1. The minimum Gasteiger partial charge on any atom is -0.368 e. The molecule has 0 aliphatic rings. The predicted molar refractivity (Wildman–Crippen MR) is 67.5 cm³/mol. The summed E-state index contributed by atoms with van der Waals surface area (Å²) < 4.78 is 1.47. The van der Waals surface area contributed by atoms with Crippen LogP contribution in [0.15, 0.2) is 23.8 Å². The summed E-state index contributed by atoms with van der Waals surface area (Å²) in [5.74, 6) is 0.159. The SMILES string of the molecule is NC(=O)c1cnn(-c2nc(N)nc3sccc23)c1. The number of nitrogen functional groups attached to an aromatic ring is 1. The van der Waals surface area contributed by atoms with Crippen LogP contribution in [0.4, 0.5) is 5.95 Å². The molecule has 3 rings (SSSR count). The highest BCUT2D eigenvalue weighted by atomic mass is 32.1. The van der Waals surface area contributed by atoms with Crippen molar-refractivity contribution in [2.75, 3.05) is 5.73 Å². The summed E-state index contributed by atoms with van der Waals surface area (Å²) in [6, 6.07) is 1.88. The highest BCUT2D eigenvalue weighted by molar-refractivity contribution is 7.16. The van der Waals surface area contributed by atoms with Crippen LogP contribution in [0.5, 0.6) is 0 Å². The zero-order valence-corrected chi connectivity index (χ0v) is 9.89. The van der Waals surface area contributed by atoms with E-state index in [1.165, 1.54) is 28.4 Å². The molecule has 3 aromatic rings. The van der Waals surface area contributed by atoms with Gasteiger partial charge in [0.1, 0.15) is 4.83 Å². The maximum Gasteiger partial charge on any atom is 0.251 e. The first-order chi connectivity index (χ1) is 8.65. The second kappa shape index (κ2) is 3.77. The summed E-state index contributed by atoms with van der Waals surface area (Å²) in [4.78, 5) is 20.1. The number of rotatable bonds is 2. The number of nitrogens with zero attached hydrogens (tertiary/aromatic N) is 4. The molecule has 3 aromatic heterocycles. The third-order valence-corrected chi connectivity index (χ3v) is 3.21. The van der Waals surface area contributed by atoms with Crippen LogP contribution in [0.1, 0.15) is 10.4 Å². The van der Waals surface area contributed by atoms with Crippen molar-refractivity contribution < 1.29 is 4.79 Å². The van der Waals surface area contributed by atoms with Crippen LogP contribution < -0.4 is 11.5 Å². The van der Waals surface area contributed by atoms with E-state index >= 15 is 0 Å². The summed E-state index contributed by atoms with van der Waals surface area (Å²) in [6.45, 7) is 0. The molecule has 0 saturated heterocycles. The van der Waals surface area contributed by atoms with Crippen LogP contribution >= 0.6 is 11.3 Å². The van der Waals surface area contributed by atoms with Gasteiger partial charge in [-0.1, -0.05) is 0 Å². The molecule has 0 saturated carbocycles. The van der Waals surface area contributed by atoms with Gasteiger partial charge in [-0.25, -0.2) is 9.67 Å². The Kier molecular flexibility index (Phi) is 2.23. The molecule has 3 heterocycles. The van der Waals surface area contributed by atoms with E-state index in [0.29, 0.717) is 11.4 Å². The second-order valence-corrected chi connectivity index (χ2v) is 4.48. The van der Waals surface area contributed by atoms with E-state index < -0.39 is 5.91 Å². The molecule has 0 bridgehead atoms. The molecule has 4 N–H and O–H groups in total. The third-order valence-electron chi connectivity index (χ3n) is 2.41. The lowest BCUT2D eigenvalue weighted by atomic mass is 10.3. The van der Waals surface area contributed by atoms with Gasteiger partial charge in [0.25, 0.3) is 5.91 Å². The van der Waals surface area contributed by atoms with Gasteiger partial charge in [-0.3, -0.25) is 4.79 Å². The van der Waals surface area contributed by atoms with Crippen molar-refractivity contribution in [2.24, 2.45) is 5.73 Å². The van der Waals surface area contributed by atoms with Crippen molar-refractivity contribution >= 4 is 33.4 Å². The van der Waals surface area contributed by atoms with Crippen LogP contribution in [0.25, 0.3) is 16.0 Å². The summed E-state index contributed by atoms with van der Waals surface area (Å²) in [5.41, 5.74) is 11.1. The van der Waals surface area contributed by atoms with Gasteiger partial charge in [-0.2, -0.15) is 10.1 Å². The van der Waals surface area contributed by atoms with Gasteiger partial charge < -0.3 is 11.5 Å². The fourth-order valence-electron chi connectivity index (χ4n) is 1.60. The molecule has 0 aliphatic carbocycles. The van der Waals surface area contributed by atoms with Crippen molar-refractivity contribution in [1.29, 1.82) is 0 Å². The average molecular weight is 260 g/mol. The summed E-state index contributed by atoms with van der Waals surface area (Å²) in [7, 11) is 0. The van der Waals surface area contributed by atoms with Crippen molar-refractivity contribution in [3.05, 3.63) is 29.4 Å². The van der Waals surface area contributed by atoms with Gasteiger partial charge in [0.05, 0.1) is 17.1 Å². The molecule has 0 unspecified atom stereocenters. The topological polar surface area (TPSA) is 113 Å². The number of carbonyl (C=O) groups is 1. The van der Waals surface area contributed by atoms with Crippen LogP contribution in [-0.4, -0.2) is 25.7 Å². The van der Waals surface area contributed by atoms with E-state index in [2.05, 4.69) is 15.1 Å². The lowest BCUT2D eigenvalue weighted by Gasteiger charge is -2.02. The van der Waals surface area contributed by atoms with E-state index in [1.807, 2.05) is 11.4 Å². The molecule has 0 radical (unpaired) electrons. The maximum atomic E-state index is 11.0. The number of carbonyl (C=O) groups excluding carboxylic acids is 1. The molecule has 90 valence electrons. The van der Waals surface area contributed by atoms with Gasteiger partial charge in [-0.15, -0.1) is 11.3 Å². The number of nitrogens with two attached hydrogens (primary N) is 2. The first-order valence-electron chi connectivity index (χ1n) is 5.01. The summed E-state index contributed by atoms with van der Waals surface area (Å²) in [6.07, 6.45) is 2.90. The lowest BCUT2D eigenvalue weighted by Crippen LogP contribution is -2.09. The van der Waals surface area contributed by atoms with Crippen molar-refractivity contribution in [1.82, 2.24) is 19.7 Å². The second-order valence-electron chi connectivity index (χ2n) is 3.58. The first kappa shape index (κ1) is 10.7. The van der Waals surface area contributed by atoms with E-state index in [-0.39, 0.29) is 5.95 Å². The number of aromatic nitrogens is 4. The van der Waals surface area contributed by atoms with Crippen LogP contribution in [0.2, 0.25) is 0 Å². The Morgan fingerprint density at radius 2 is 2.22 bits per heavy atom. The molecule has 8 heteroatoms. The molecular weight excluding hydrogens is 252 g/mol. The molecule has 0 atom stereocenters. The van der Waals surface area contributed by atoms with E-state index in [0.717, 1.165) is 10.2 Å². The number of anilines is 1. The van der Waals surface area contributed by atoms with Gasteiger partial charge in [0.15, 0.2) is 5.82 Å². The van der Waals surface area contributed by atoms with Gasteiger partial charge in [-0.05, 0) is 11.4 Å². The molecule has 1 amide bonds. The van der Waals surface area contributed by atoms with Crippen molar-refractivity contribution in [3.63, 3.8) is 0 Å². The molecule has 0 fully saturated rings. The summed E-state index contributed by atoms with van der Waals surface area (Å²) in [5, 5.41) is 6.77. The fourth-order valence-corrected chi connectivity index (χ4v) is 2.36. The quantitative estimate of drug-likeness (QED) is 0.699. The number of primary amides is 1. The Balaban J connectivity index is 2.23. The van der Waals surface area contributed by atoms with Crippen molar-refractivity contribution in [2.45, 2.75) is 0 Å². The highest BCUT2D eigenvalue weighted by Crippen LogP contribution is 2.24. The number of hydrogen-bond acceptors (Lipinski definition) is 6. The predicted octanol–water partition coefficient (Wildman–Crippen LogP) is 0.558. The average Bonchev–Trinajstić information content (AvgIpc) is 2.95. The van der Waals surface area contributed by atoms with Crippen molar-refractivity contribution in [3.8, 4) is 5.82 Å². The molecule has 7 nitrogen and oxygen atoms in total. The number of hydrogen-bond donors (Lipinski definition) is 2. The zero-order chi connectivity index (χ0) is 12.7. The molecule has 0 aromatic carbocycles. The minimum absolute atomic E-state index is 0.163. The van der Waals surface area contributed by atoms with Gasteiger partial charge >= 0.3 is 0 Å². The third kappa shape index (κ3) is 1.59. The minimum atomic E-state index is -0.537. The molecule has 0 spiro atoms. The number of fused-ring (bicyclic) bond motifs is 1. The van der Waals surface area contributed by atoms with Gasteiger partial charge in [0.2, 0.25) is 5.95 Å².